The van der Waals surface area contributed by atoms with E-state index in [0.717, 1.165) is 69.1 Å². The van der Waals surface area contributed by atoms with E-state index >= 15 is 0 Å². The third-order valence-corrected chi connectivity index (χ3v) is 7.73. The first-order valence-corrected chi connectivity index (χ1v) is 13.5. The molecule has 0 saturated heterocycles. The number of ether oxygens (including phenoxy) is 3. The lowest BCUT2D eigenvalue weighted by Gasteiger charge is -2.32. The van der Waals surface area contributed by atoms with Crippen LogP contribution in [-0.4, -0.2) is 43.0 Å². The van der Waals surface area contributed by atoms with E-state index in [1.165, 1.54) is 12.7 Å². The zero-order valence-corrected chi connectivity index (χ0v) is 22.0. The molecule has 0 spiro atoms. The molecule has 1 aromatic rings. The summed E-state index contributed by atoms with van der Waals surface area (Å²) >= 11 is 0. The van der Waals surface area contributed by atoms with Crippen LogP contribution in [-0.2, 0) is 31.9 Å². The lowest BCUT2D eigenvalue weighted by molar-refractivity contribution is -0.152. The zero-order chi connectivity index (χ0) is 25.4. The average molecular weight is 489 g/mol. The maximum absolute atomic E-state index is 12.6. The molecule has 1 N–H and O–H groups in total. The molecule has 1 saturated carbocycles. The summed E-state index contributed by atoms with van der Waals surface area (Å²) in [5.41, 5.74) is 2.40. The van der Waals surface area contributed by atoms with Crippen LogP contribution in [0.15, 0.2) is 18.2 Å². The highest BCUT2D eigenvalue weighted by Crippen LogP contribution is 2.49. The summed E-state index contributed by atoms with van der Waals surface area (Å²) in [6, 6.07) is 6.04. The van der Waals surface area contributed by atoms with Crippen LogP contribution in [0, 0.1) is 23.7 Å². The van der Waals surface area contributed by atoms with Crippen LogP contribution < -0.4 is 4.74 Å². The van der Waals surface area contributed by atoms with Crippen LogP contribution in [0.5, 0.6) is 5.75 Å². The van der Waals surface area contributed by atoms with Gasteiger partial charge in [0.05, 0.1) is 13.2 Å². The average Bonchev–Trinajstić information content (AvgIpc) is 3.14. The van der Waals surface area contributed by atoms with Crippen LogP contribution in [0.4, 0.5) is 0 Å². The number of methoxy groups -OCH3 is 1. The van der Waals surface area contributed by atoms with E-state index in [1.54, 1.807) is 0 Å². The first-order chi connectivity index (χ1) is 16.8. The maximum Gasteiger partial charge on any atom is 0.343 e. The quantitative estimate of drug-likeness (QED) is 0.301. The van der Waals surface area contributed by atoms with Crippen LogP contribution in [0.3, 0.4) is 0 Å². The van der Waals surface area contributed by atoms with Gasteiger partial charge in [-0.3, -0.25) is 4.79 Å². The number of aliphatic hydroxyl groups is 1. The fraction of sp³-hybridized carbons (Fsp3) is 0.724. The molecule has 2 aliphatic carbocycles. The molecule has 0 heterocycles. The zero-order valence-electron chi connectivity index (χ0n) is 22.0. The molecule has 2 aliphatic rings. The fourth-order valence-corrected chi connectivity index (χ4v) is 5.95. The van der Waals surface area contributed by atoms with Crippen molar-refractivity contribution in [1.29, 1.82) is 0 Å². The van der Waals surface area contributed by atoms with E-state index in [4.69, 9.17) is 14.2 Å². The Morgan fingerprint density at radius 1 is 1.11 bits per heavy atom. The van der Waals surface area contributed by atoms with Crippen molar-refractivity contribution in [1.82, 2.24) is 0 Å². The summed E-state index contributed by atoms with van der Waals surface area (Å²) in [5, 5.41) is 10.6. The predicted molar refractivity (Wildman–Crippen MR) is 135 cm³/mol. The minimum Gasteiger partial charge on any atom is -0.482 e. The molecule has 1 aromatic carbocycles. The third kappa shape index (κ3) is 7.70. The molecule has 196 valence electrons. The number of hydrogen-bond donors (Lipinski definition) is 1. The Balaban J connectivity index is 1.73. The molecule has 0 unspecified atom stereocenters. The molecular formula is C29H44O6. The topological polar surface area (TPSA) is 82.1 Å². The van der Waals surface area contributed by atoms with Gasteiger partial charge in [0.2, 0.25) is 0 Å². The molecule has 1 fully saturated rings. The van der Waals surface area contributed by atoms with Crippen molar-refractivity contribution in [2.45, 2.75) is 97.2 Å². The largest absolute Gasteiger partial charge is 0.482 e. The van der Waals surface area contributed by atoms with Gasteiger partial charge < -0.3 is 19.3 Å². The van der Waals surface area contributed by atoms with Gasteiger partial charge in [0.25, 0.3) is 0 Å². The van der Waals surface area contributed by atoms with Crippen molar-refractivity contribution >= 4 is 11.9 Å². The first-order valence-electron chi connectivity index (χ1n) is 13.5. The van der Waals surface area contributed by atoms with Crippen LogP contribution in [0.1, 0.15) is 83.3 Å². The Labute approximate surface area is 210 Å². The highest BCUT2D eigenvalue weighted by Gasteiger charge is 2.47. The Kier molecular flexibility index (Phi) is 10.4. The Morgan fingerprint density at radius 2 is 1.91 bits per heavy atom. The molecule has 0 aliphatic heterocycles. The van der Waals surface area contributed by atoms with Gasteiger partial charge in [-0.2, -0.15) is 0 Å². The summed E-state index contributed by atoms with van der Waals surface area (Å²) in [4.78, 5) is 24.2. The monoisotopic (exact) mass is 488 g/mol. The minimum absolute atomic E-state index is 0.102. The summed E-state index contributed by atoms with van der Waals surface area (Å²) in [6.07, 6.45) is 8.48. The van der Waals surface area contributed by atoms with Gasteiger partial charge >= 0.3 is 11.9 Å². The van der Waals surface area contributed by atoms with Gasteiger partial charge in [-0.05, 0) is 79.4 Å². The van der Waals surface area contributed by atoms with E-state index in [9.17, 15) is 14.7 Å². The lowest BCUT2D eigenvalue weighted by Crippen LogP contribution is -2.30. The van der Waals surface area contributed by atoms with E-state index < -0.39 is 5.97 Å². The molecule has 0 bridgehead atoms. The van der Waals surface area contributed by atoms with Gasteiger partial charge in [0.1, 0.15) is 11.9 Å². The summed E-state index contributed by atoms with van der Waals surface area (Å²) in [7, 11) is 1.36. The van der Waals surface area contributed by atoms with Crippen molar-refractivity contribution in [2.75, 3.05) is 13.7 Å². The number of rotatable bonds is 13. The van der Waals surface area contributed by atoms with E-state index in [2.05, 4.69) is 13.0 Å². The first kappa shape index (κ1) is 27.5. The normalized spacial score (nSPS) is 23.9. The number of carbonyl (C=O) groups excluding carboxylic acids is 2. The van der Waals surface area contributed by atoms with Crippen molar-refractivity contribution in [2.24, 2.45) is 23.7 Å². The summed E-state index contributed by atoms with van der Waals surface area (Å²) in [6.45, 7) is 6.14. The van der Waals surface area contributed by atoms with E-state index in [-0.39, 0.29) is 36.6 Å². The van der Waals surface area contributed by atoms with Gasteiger partial charge in [-0.1, -0.05) is 52.2 Å². The van der Waals surface area contributed by atoms with Crippen LogP contribution >= 0.6 is 0 Å². The number of fused-ring (bicyclic) bond motifs is 2. The van der Waals surface area contributed by atoms with Crippen molar-refractivity contribution in [3.8, 4) is 5.75 Å². The summed E-state index contributed by atoms with van der Waals surface area (Å²) < 4.78 is 16.6. The second-order valence-corrected chi connectivity index (χ2v) is 10.8. The second kappa shape index (κ2) is 13.3. The molecular weight excluding hydrogens is 444 g/mol. The molecule has 6 nitrogen and oxygen atoms in total. The Hall–Kier alpha value is -2.08. The number of benzene rings is 1. The number of carbonyl (C=O) groups is 2. The Bertz CT molecular complexity index is 834. The highest BCUT2D eigenvalue weighted by atomic mass is 16.6. The second-order valence-electron chi connectivity index (χ2n) is 10.8. The fourth-order valence-electron chi connectivity index (χ4n) is 5.95. The van der Waals surface area contributed by atoms with Crippen molar-refractivity contribution in [3.63, 3.8) is 0 Å². The smallest absolute Gasteiger partial charge is 0.343 e. The molecule has 6 heteroatoms. The summed E-state index contributed by atoms with van der Waals surface area (Å²) in [5.74, 6) is 1.56. The molecule has 5 atom stereocenters. The lowest BCUT2D eigenvalue weighted by atomic mass is 9.73. The molecule has 0 amide bonds. The Morgan fingerprint density at radius 3 is 2.63 bits per heavy atom. The van der Waals surface area contributed by atoms with Gasteiger partial charge in [-0.25, -0.2) is 4.79 Å². The van der Waals surface area contributed by atoms with E-state index in [0.29, 0.717) is 18.3 Å². The number of unbranched alkanes of at least 4 members (excludes halogenated alkanes) is 2. The minimum atomic E-state index is -0.396. The van der Waals surface area contributed by atoms with Crippen LogP contribution in [0.25, 0.3) is 0 Å². The number of hydrogen-bond acceptors (Lipinski definition) is 6. The molecule has 3 rings (SSSR count). The SMILES string of the molecule is CCCCC[C@@H](O)CC[C@@H]1[C@H]2Cc3cccc(OCC(=O)OC)c3C[C@H]2C[C@H]1OC(=O)CC(C)C. The third-order valence-electron chi connectivity index (χ3n) is 7.73. The maximum atomic E-state index is 12.6. The van der Waals surface area contributed by atoms with Gasteiger partial charge in [0, 0.05) is 6.42 Å². The van der Waals surface area contributed by atoms with Crippen LogP contribution in [0.2, 0.25) is 0 Å². The van der Waals surface area contributed by atoms with Crippen molar-refractivity contribution in [3.05, 3.63) is 29.3 Å². The predicted octanol–water partition coefficient (Wildman–Crippen LogP) is 5.27. The van der Waals surface area contributed by atoms with E-state index in [1.807, 2.05) is 26.0 Å². The molecule has 0 aromatic heterocycles. The van der Waals surface area contributed by atoms with Gasteiger partial charge in [-0.15, -0.1) is 0 Å². The highest BCUT2D eigenvalue weighted by molar-refractivity contribution is 5.71. The molecule has 35 heavy (non-hydrogen) atoms. The number of esters is 2. The standard InChI is InChI=1S/C29H44O6/c1-5-6-7-10-22(30)12-13-23-24-15-20-9-8-11-26(34-18-29(32)33-4)25(20)16-21(24)17-27(23)35-28(31)14-19(2)3/h8-9,11,19,21-24,27,30H,5-7,10,12-18H2,1-4H3/t21-,22+,23+,24-,27+/m0/s1. The van der Waals surface area contributed by atoms with Crippen molar-refractivity contribution < 1.29 is 28.9 Å². The van der Waals surface area contributed by atoms with Gasteiger partial charge in [0.15, 0.2) is 6.61 Å². The number of aliphatic hydroxyl groups excluding tert-OH is 1. The molecule has 0 radical (unpaired) electrons.